The van der Waals surface area contributed by atoms with Gasteiger partial charge in [-0.3, -0.25) is 9.59 Å². The molecule has 2 aliphatic heterocycles. The predicted octanol–water partition coefficient (Wildman–Crippen LogP) is 9.32. The lowest BCUT2D eigenvalue weighted by atomic mass is 9.48. The van der Waals surface area contributed by atoms with Crippen LogP contribution in [0.5, 0.6) is 57.5 Å². The SMILES string of the molecule is O=C1C=C2[C@@H]3c4c(cc(O)cc4[C@@H]4c5c(O)cc6c(c5[C@@H]5[C@@H](c7ccc(O)cc7)[C@@H]1C(=O)C25[C@@H]4c1ccc(O)cc1)[C@@H](c1cc(O)cc(O)c1)[C@H](c1ccc(O)cc1)O6)O[C@H]3c1ccc(O)cc1. The predicted molar refractivity (Wildman–Crippen MR) is 244 cm³/mol. The van der Waals surface area contributed by atoms with Gasteiger partial charge < -0.3 is 50.3 Å². The highest BCUT2D eigenvalue weighted by Gasteiger charge is 2.76. The average molecular weight is 905 g/mol. The summed E-state index contributed by atoms with van der Waals surface area (Å²) < 4.78 is 13.8. The molecular formula is C56H40O12. The number of aromatic hydroxyl groups is 8. The van der Waals surface area contributed by atoms with Crippen LogP contribution in [0.3, 0.4) is 0 Å². The third-order valence-corrected chi connectivity index (χ3v) is 15.6. The van der Waals surface area contributed by atoms with Gasteiger partial charge in [-0.15, -0.1) is 0 Å². The van der Waals surface area contributed by atoms with E-state index in [4.69, 9.17) is 9.47 Å². The van der Waals surface area contributed by atoms with Gasteiger partial charge in [0.05, 0.1) is 23.2 Å². The normalized spacial score (nSPS) is 27.6. The molecule has 8 N–H and O–H groups in total. The largest absolute Gasteiger partial charge is 0.508 e. The van der Waals surface area contributed by atoms with Crippen molar-refractivity contribution in [3.05, 3.63) is 201 Å². The van der Waals surface area contributed by atoms with Crippen LogP contribution in [-0.2, 0) is 9.59 Å². The smallest absolute Gasteiger partial charge is 0.166 e. The molecule has 4 aliphatic carbocycles. The molecule has 68 heavy (non-hydrogen) atoms. The quantitative estimate of drug-likeness (QED) is 0.0759. The third-order valence-electron chi connectivity index (χ3n) is 15.6. The van der Waals surface area contributed by atoms with Gasteiger partial charge in [-0.25, -0.2) is 0 Å². The van der Waals surface area contributed by atoms with Crippen molar-refractivity contribution in [1.82, 2.24) is 0 Å². The maximum atomic E-state index is 16.7. The Morgan fingerprint density at radius 3 is 1.47 bits per heavy atom. The van der Waals surface area contributed by atoms with Crippen LogP contribution < -0.4 is 9.47 Å². The monoisotopic (exact) mass is 904 g/mol. The van der Waals surface area contributed by atoms with E-state index < -0.39 is 64.8 Å². The summed E-state index contributed by atoms with van der Waals surface area (Å²) in [4.78, 5) is 32.0. The highest BCUT2D eigenvalue weighted by molar-refractivity contribution is 6.18. The van der Waals surface area contributed by atoms with Crippen LogP contribution in [0.1, 0.15) is 103 Å². The third kappa shape index (κ3) is 5.25. The number of rotatable bonds is 5. The Labute approximate surface area is 387 Å². The van der Waals surface area contributed by atoms with Crippen molar-refractivity contribution in [1.29, 1.82) is 0 Å². The molecule has 7 aromatic carbocycles. The second kappa shape index (κ2) is 13.8. The number of phenols is 8. The Bertz CT molecular complexity index is 3340. The molecule has 3 bridgehead atoms. The molecule has 0 radical (unpaired) electrons. The van der Waals surface area contributed by atoms with Crippen molar-refractivity contribution in [2.75, 3.05) is 0 Å². The number of benzene rings is 7. The van der Waals surface area contributed by atoms with Gasteiger partial charge in [-0.1, -0.05) is 48.5 Å². The Hall–Kier alpha value is -8.38. The van der Waals surface area contributed by atoms with Gasteiger partial charge in [0.25, 0.3) is 0 Å². The van der Waals surface area contributed by atoms with Crippen molar-refractivity contribution in [3.8, 4) is 57.5 Å². The molecule has 1 fully saturated rings. The molecule has 1 spiro atoms. The first-order chi connectivity index (χ1) is 32.8. The van der Waals surface area contributed by atoms with Crippen LogP contribution in [0.15, 0.2) is 145 Å². The number of ketones is 2. The topological polar surface area (TPSA) is 214 Å². The minimum atomic E-state index is -1.64. The highest BCUT2D eigenvalue weighted by atomic mass is 16.5. The summed E-state index contributed by atoms with van der Waals surface area (Å²) >= 11 is 0. The number of carbonyl (C=O) groups is 2. The van der Waals surface area contributed by atoms with Gasteiger partial charge in [-0.05, 0) is 117 Å². The van der Waals surface area contributed by atoms with E-state index in [-0.39, 0.29) is 57.5 Å². The fourth-order valence-corrected chi connectivity index (χ4v) is 13.4. The lowest BCUT2D eigenvalue weighted by Crippen LogP contribution is -2.49. The van der Waals surface area contributed by atoms with E-state index in [1.165, 1.54) is 66.7 Å². The van der Waals surface area contributed by atoms with Crippen molar-refractivity contribution < 1.29 is 59.9 Å². The van der Waals surface area contributed by atoms with Crippen molar-refractivity contribution >= 4 is 11.6 Å². The summed E-state index contributed by atoms with van der Waals surface area (Å²) in [5.74, 6) is -7.69. The number of Topliss-reactive ketones (excluding diaryl/α,β-unsaturated/α-hetero) is 1. The minimum Gasteiger partial charge on any atom is -0.508 e. The number of fused-ring (bicyclic) bond motifs is 9. The molecular weight excluding hydrogens is 865 g/mol. The highest BCUT2D eigenvalue weighted by Crippen LogP contribution is 2.80. The van der Waals surface area contributed by atoms with Crippen LogP contribution in [0.4, 0.5) is 0 Å². The standard InChI is InChI=1S/C56H40O12/c57-29-9-1-24(2-10-29)42-48-38(64)22-37-46-44-36(20-35(63)21-40(44)67-54(46)27-7-15-32(60)16-8-27)45-47-39(65)23-41-49(50(47)52(42)56(37,55(48)66)51(45)25-3-11-30(58)12-4-25)43(28-17-33(61)19-34(62)18-28)53(68-41)26-5-13-31(59)14-6-26/h1-23,42-43,45-46,48,51-54,57-63,65H/t42-,43+,45+,46+,48+,51+,52-,53-,54-,56?/m0/s1. The number of ether oxygens (including phenoxy) is 2. The van der Waals surface area contributed by atoms with Gasteiger partial charge in [0.15, 0.2) is 11.6 Å². The van der Waals surface area contributed by atoms with Gasteiger partial charge in [0, 0.05) is 58.6 Å². The lowest BCUT2D eigenvalue weighted by Gasteiger charge is -2.52. The molecule has 12 nitrogen and oxygen atoms in total. The van der Waals surface area contributed by atoms with Gasteiger partial charge in [0.1, 0.15) is 69.7 Å². The van der Waals surface area contributed by atoms with Crippen molar-refractivity contribution in [2.24, 2.45) is 11.3 Å². The van der Waals surface area contributed by atoms with Crippen LogP contribution in [0.2, 0.25) is 0 Å². The van der Waals surface area contributed by atoms with E-state index >= 15 is 9.59 Å². The maximum absolute atomic E-state index is 16.7. The lowest BCUT2D eigenvalue weighted by molar-refractivity contribution is -0.135. The van der Waals surface area contributed by atoms with E-state index in [0.717, 1.165) is 0 Å². The maximum Gasteiger partial charge on any atom is 0.166 e. The Balaban J connectivity index is 1.21. The Kier molecular flexibility index (Phi) is 8.12. The zero-order valence-corrected chi connectivity index (χ0v) is 35.7. The van der Waals surface area contributed by atoms with Crippen molar-refractivity contribution in [3.63, 3.8) is 0 Å². The molecule has 6 aliphatic rings. The number of carbonyl (C=O) groups excluding carboxylic acids is 2. The van der Waals surface area contributed by atoms with Gasteiger partial charge in [0.2, 0.25) is 0 Å². The number of phenolic OH excluding ortho intramolecular Hbond substituents is 8. The second-order valence-electron chi connectivity index (χ2n) is 18.9. The molecule has 2 heterocycles. The van der Waals surface area contributed by atoms with Gasteiger partial charge >= 0.3 is 0 Å². The minimum absolute atomic E-state index is 0.0126. The molecule has 0 amide bonds. The van der Waals surface area contributed by atoms with E-state index in [1.807, 2.05) is 0 Å². The molecule has 0 aromatic heterocycles. The average Bonchev–Trinajstić information content (AvgIpc) is 3.92. The van der Waals surface area contributed by atoms with Crippen molar-refractivity contribution in [2.45, 2.75) is 47.7 Å². The molecule has 0 saturated heterocycles. The summed E-state index contributed by atoms with van der Waals surface area (Å²) in [6.45, 7) is 0. The Morgan fingerprint density at radius 1 is 0.397 bits per heavy atom. The molecule has 7 aromatic rings. The van der Waals surface area contributed by atoms with E-state index in [1.54, 1.807) is 72.8 Å². The van der Waals surface area contributed by atoms with E-state index in [2.05, 4.69) is 0 Å². The first kappa shape index (κ1) is 39.9. The fourth-order valence-electron chi connectivity index (χ4n) is 13.4. The summed E-state index contributed by atoms with van der Waals surface area (Å²) in [5, 5.41) is 89.3. The summed E-state index contributed by atoms with van der Waals surface area (Å²) in [5.41, 5.74) is 4.33. The summed E-state index contributed by atoms with van der Waals surface area (Å²) in [6.07, 6.45) is -0.143. The van der Waals surface area contributed by atoms with E-state index in [9.17, 15) is 40.9 Å². The molecule has 10 atom stereocenters. The Morgan fingerprint density at radius 2 is 0.897 bits per heavy atom. The van der Waals surface area contributed by atoms with Gasteiger partial charge in [-0.2, -0.15) is 0 Å². The summed E-state index contributed by atoms with van der Waals surface area (Å²) in [6, 6.07) is 35.0. The molecule has 1 saturated carbocycles. The molecule has 12 heteroatoms. The first-order valence-corrected chi connectivity index (χ1v) is 22.4. The number of allylic oxidation sites excluding steroid dienone is 1. The number of hydrogen-bond donors (Lipinski definition) is 8. The van der Waals surface area contributed by atoms with E-state index in [0.29, 0.717) is 67.0 Å². The molecule has 1 unspecified atom stereocenters. The second-order valence-corrected chi connectivity index (χ2v) is 18.9. The summed E-state index contributed by atoms with van der Waals surface area (Å²) in [7, 11) is 0. The first-order valence-electron chi connectivity index (χ1n) is 22.4. The molecule has 13 rings (SSSR count). The molecule has 336 valence electrons. The number of hydrogen-bond acceptors (Lipinski definition) is 12. The zero-order valence-electron chi connectivity index (χ0n) is 35.7. The van der Waals surface area contributed by atoms with Crippen LogP contribution >= 0.6 is 0 Å². The fraction of sp³-hybridized carbons (Fsp3) is 0.179. The van der Waals surface area contributed by atoms with Crippen LogP contribution in [0.25, 0.3) is 0 Å². The zero-order chi connectivity index (χ0) is 46.7. The van der Waals surface area contributed by atoms with Crippen LogP contribution in [0, 0.1) is 11.3 Å². The van der Waals surface area contributed by atoms with Crippen LogP contribution in [-0.4, -0.2) is 52.4 Å².